The average Bonchev–Trinajstić information content (AvgIpc) is 2.31. The van der Waals surface area contributed by atoms with Crippen LogP contribution in [0, 0.1) is 5.82 Å². The van der Waals surface area contributed by atoms with Crippen molar-refractivity contribution in [1.29, 1.82) is 0 Å². The van der Waals surface area contributed by atoms with E-state index in [1.54, 1.807) is 6.92 Å². The van der Waals surface area contributed by atoms with Crippen molar-refractivity contribution in [3.8, 4) is 5.75 Å². The minimum absolute atomic E-state index is 0.0620. The van der Waals surface area contributed by atoms with Gasteiger partial charge in [0, 0.05) is 5.88 Å². The molecule has 0 saturated heterocycles. The van der Waals surface area contributed by atoms with Crippen molar-refractivity contribution in [2.75, 3.05) is 13.7 Å². The molecule has 1 rings (SSSR count). The Hall–Kier alpha value is -1.29. The van der Waals surface area contributed by atoms with E-state index < -0.39 is 5.82 Å². The summed E-state index contributed by atoms with van der Waals surface area (Å²) in [7, 11) is 1.37. The fraction of sp³-hybridized carbons (Fsp3) is 0.417. The van der Waals surface area contributed by atoms with Crippen molar-refractivity contribution in [2.24, 2.45) is 0 Å². The molecule has 0 aliphatic carbocycles. The van der Waals surface area contributed by atoms with Crippen LogP contribution in [0.4, 0.5) is 4.39 Å². The van der Waals surface area contributed by atoms with Crippen LogP contribution >= 0.6 is 11.6 Å². The van der Waals surface area contributed by atoms with Crippen molar-refractivity contribution in [3.05, 3.63) is 29.1 Å². The van der Waals surface area contributed by atoms with Gasteiger partial charge in [-0.05, 0) is 30.2 Å². The van der Waals surface area contributed by atoms with Gasteiger partial charge < -0.3 is 9.47 Å². The van der Waals surface area contributed by atoms with E-state index in [0.29, 0.717) is 17.7 Å². The Morgan fingerprint density at radius 3 is 2.65 bits per heavy atom. The summed E-state index contributed by atoms with van der Waals surface area (Å²) in [5, 5.41) is 0. The molecule has 0 heterocycles. The van der Waals surface area contributed by atoms with Crippen LogP contribution in [0.2, 0.25) is 0 Å². The van der Waals surface area contributed by atoms with Crippen molar-refractivity contribution in [1.82, 2.24) is 0 Å². The second-order valence-corrected chi connectivity index (χ2v) is 3.64. The molecular weight excluding hydrogens is 247 g/mol. The van der Waals surface area contributed by atoms with Crippen LogP contribution < -0.4 is 4.74 Å². The van der Waals surface area contributed by atoms with Gasteiger partial charge >= 0.3 is 5.97 Å². The number of rotatable bonds is 5. The highest BCUT2D eigenvalue weighted by Crippen LogP contribution is 2.24. The van der Waals surface area contributed by atoms with Gasteiger partial charge in [-0.3, -0.25) is 4.79 Å². The molecule has 0 amide bonds. The number of carbonyl (C=O) groups is 1. The minimum atomic E-state index is -0.490. The third-order valence-corrected chi connectivity index (χ3v) is 2.55. The Morgan fingerprint density at radius 1 is 1.41 bits per heavy atom. The van der Waals surface area contributed by atoms with Gasteiger partial charge in [-0.1, -0.05) is 0 Å². The Kier molecular flexibility index (Phi) is 5.22. The lowest BCUT2D eigenvalue weighted by atomic mass is 10.0. The van der Waals surface area contributed by atoms with E-state index in [-0.39, 0.29) is 24.0 Å². The summed E-state index contributed by atoms with van der Waals surface area (Å²) in [4.78, 5) is 11.4. The molecule has 3 nitrogen and oxygen atoms in total. The standard InChI is InChI=1S/C12H14ClFO3/c1-3-17-12(15)6-8-5-11(16-2)10(14)4-9(8)7-13/h4-5H,3,6-7H2,1-2H3. The Bertz CT molecular complexity index is 407. The fourth-order valence-electron chi connectivity index (χ4n) is 1.45. The molecule has 0 aliphatic rings. The first kappa shape index (κ1) is 13.8. The van der Waals surface area contributed by atoms with Crippen molar-refractivity contribution < 1.29 is 18.7 Å². The SMILES string of the molecule is CCOC(=O)Cc1cc(OC)c(F)cc1CCl. The van der Waals surface area contributed by atoms with Crippen molar-refractivity contribution in [3.63, 3.8) is 0 Å². The molecule has 0 N–H and O–H groups in total. The third kappa shape index (κ3) is 3.60. The van der Waals surface area contributed by atoms with Crippen LogP contribution in [0.1, 0.15) is 18.1 Å². The van der Waals surface area contributed by atoms with Crippen molar-refractivity contribution in [2.45, 2.75) is 19.2 Å². The van der Waals surface area contributed by atoms with E-state index in [9.17, 15) is 9.18 Å². The van der Waals surface area contributed by atoms with Crippen LogP contribution in [0.3, 0.4) is 0 Å². The molecule has 0 radical (unpaired) electrons. The van der Waals surface area contributed by atoms with Crippen LogP contribution in [0.5, 0.6) is 5.75 Å². The lowest BCUT2D eigenvalue weighted by Crippen LogP contribution is -2.09. The molecule has 0 fully saturated rings. The summed E-state index contributed by atoms with van der Waals surface area (Å²) >= 11 is 5.70. The van der Waals surface area contributed by atoms with Crippen LogP contribution in [0.15, 0.2) is 12.1 Å². The number of hydrogen-bond acceptors (Lipinski definition) is 3. The highest BCUT2D eigenvalue weighted by atomic mass is 35.5. The first-order chi connectivity index (χ1) is 8.12. The number of benzene rings is 1. The number of halogens is 2. The van der Waals surface area contributed by atoms with Crippen molar-refractivity contribution >= 4 is 17.6 Å². The highest BCUT2D eigenvalue weighted by molar-refractivity contribution is 6.17. The van der Waals surface area contributed by atoms with Gasteiger partial charge in [0.2, 0.25) is 0 Å². The normalized spacial score (nSPS) is 10.1. The second-order valence-electron chi connectivity index (χ2n) is 3.37. The smallest absolute Gasteiger partial charge is 0.310 e. The van der Waals surface area contributed by atoms with E-state index in [4.69, 9.17) is 21.1 Å². The topological polar surface area (TPSA) is 35.5 Å². The maximum absolute atomic E-state index is 13.4. The summed E-state index contributed by atoms with van der Waals surface area (Å²) in [6, 6.07) is 2.75. The van der Waals surface area contributed by atoms with Gasteiger partial charge in [-0.15, -0.1) is 11.6 Å². The zero-order chi connectivity index (χ0) is 12.8. The summed E-state index contributed by atoms with van der Waals surface area (Å²) in [6.45, 7) is 2.04. The average molecular weight is 261 g/mol. The number of carbonyl (C=O) groups excluding carboxylic acids is 1. The van der Waals surface area contributed by atoms with Gasteiger partial charge in [-0.2, -0.15) is 0 Å². The van der Waals surface area contributed by atoms with Crippen LogP contribution in [-0.2, 0) is 21.8 Å². The summed E-state index contributed by atoms with van der Waals surface area (Å²) < 4.78 is 23.1. The van der Waals surface area contributed by atoms with E-state index in [0.717, 1.165) is 0 Å². The Labute approximate surface area is 104 Å². The van der Waals surface area contributed by atoms with Gasteiger partial charge in [0.15, 0.2) is 11.6 Å². The number of methoxy groups -OCH3 is 1. The molecule has 1 aromatic carbocycles. The predicted octanol–water partition coefficient (Wildman–Crippen LogP) is 2.68. The first-order valence-electron chi connectivity index (χ1n) is 5.19. The molecule has 0 atom stereocenters. The van der Waals surface area contributed by atoms with Gasteiger partial charge in [0.05, 0.1) is 20.1 Å². The summed E-state index contributed by atoms with van der Waals surface area (Å²) in [6.07, 6.45) is 0.0620. The summed E-state index contributed by atoms with van der Waals surface area (Å²) in [5.41, 5.74) is 1.19. The molecular formula is C12H14ClFO3. The number of alkyl halides is 1. The first-order valence-corrected chi connectivity index (χ1v) is 5.72. The molecule has 0 aliphatic heterocycles. The predicted molar refractivity (Wildman–Crippen MR) is 62.8 cm³/mol. The van der Waals surface area contributed by atoms with Crippen LogP contribution in [-0.4, -0.2) is 19.7 Å². The molecule has 17 heavy (non-hydrogen) atoms. The largest absolute Gasteiger partial charge is 0.494 e. The number of esters is 1. The molecule has 0 aromatic heterocycles. The number of ether oxygens (including phenoxy) is 2. The monoisotopic (exact) mass is 260 g/mol. The molecule has 0 unspecified atom stereocenters. The fourth-order valence-corrected chi connectivity index (χ4v) is 1.70. The highest BCUT2D eigenvalue weighted by Gasteiger charge is 2.13. The lowest BCUT2D eigenvalue weighted by Gasteiger charge is -2.10. The lowest BCUT2D eigenvalue weighted by molar-refractivity contribution is -0.142. The van der Waals surface area contributed by atoms with Gasteiger partial charge in [0.1, 0.15) is 0 Å². The minimum Gasteiger partial charge on any atom is -0.494 e. The van der Waals surface area contributed by atoms with Gasteiger partial charge in [0.25, 0.3) is 0 Å². The zero-order valence-electron chi connectivity index (χ0n) is 9.76. The summed E-state index contributed by atoms with van der Waals surface area (Å²) in [5.74, 6) is -0.628. The quantitative estimate of drug-likeness (QED) is 0.603. The van der Waals surface area contributed by atoms with E-state index in [1.807, 2.05) is 0 Å². The Morgan fingerprint density at radius 2 is 2.12 bits per heavy atom. The maximum atomic E-state index is 13.4. The number of hydrogen-bond donors (Lipinski definition) is 0. The molecule has 5 heteroatoms. The van der Waals surface area contributed by atoms with E-state index in [2.05, 4.69) is 0 Å². The third-order valence-electron chi connectivity index (χ3n) is 2.26. The second kappa shape index (κ2) is 6.45. The van der Waals surface area contributed by atoms with E-state index >= 15 is 0 Å². The molecule has 1 aromatic rings. The molecule has 0 spiro atoms. The zero-order valence-corrected chi connectivity index (χ0v) is 10.5. The van der Waals surface area contributed by atoms with E-state index in [1.165, 1.54) is 19.2 Å². The maximum Gasteiger partial charge on any atom is 0.310 e. The molecule has 0 saturated carbocycles. The molecule has 94 valence electrons. The van der Waals surface area contributed by atoms with Gasteiger partial charge in [-0.25, -0.2) is 4.39 Å². The molecule has 0 bridgehead atoms. The Balaban J connectivity index is 2.99. The van der Waals surface area contributed by atoms with Crippen LogP contribution in [0.25, 0.3) is 0 Å².